The van der Waals surface area contributed by atoms with Crippen molar-refractivity contribution in [1.82, 2.24) is 0 Å². The summed E-state index contributed by atoms with van der Waals surface area (Å²) in [5, 5.41) is 9.19. The number of halogens is 1. The summed E-state index contributed by atoms with van der Waals surface area (Å²) in [5.74, 6) is 2.42. The first-order valence-electron chi connectivity index (χ1n) is 8.23. The van der Waals surface area contributed by atoms with Crippen LogP contribution in [0.1, 0.15) is 46.0 Å². The van der Waals surface area contributed by atoms with E-state index in [0.717, 1.165) is 25.8 Å². The van der Waals surface area contributed by atoms with Gasteiger partial charge in [0.25, 0.3) is 0 Å². The zero-order valence-electron chi connectivity index (χ0n) is 13.9. The van der Waals surface area contributed by atoms with Crippen molar-refractivity contribution in [3.63, 3.8) is 0 Å². The van der Waals surface area contributed by atoms with Crippen molar-refractivity contribution in [3.05, 3.63) is 0 Å². The van der Waals surface area contributed by atoms with Gasteiger partial charge in [0, 0.05) is 24.9 Å². The largest absolute Gasteiger partial charge is 1.00 e. The molecule has 130 valence electrons. The molecule has 1 spiro atoms. The molecule has 2 saturated heterocycles. The van der Waals surface area contributed by atoms with E-state index in [-0.39, 0.29) is 30.1 Å². The average Bonchev–Trinajstić information content (AvgIpc) is 2.97. The number of aliphatic hydroxyl groups is 1. The van der Waals surface area contributed by atoms with Crippen LogP contribution in [0.25, 0.3) is 0 Å². The summed E-state index contributed by atoms with van der Waals surface area (Å²) in [7, 11) is 0. The van der Waals surface area contributed by atoms with Gasteiger partial charge >= 0.3 is 5.97 Å². The molecule has 0 radical (unpaired) electrons. The maximum atomic E-state index is 10.8. The molecule has 1 unspecified atom stereocenters. The van der Waals surface area contributed by atoms with Crippen LogP contribution in [-0.4, -0.2) is 64.9 Å². The molecule has 1 saturated carbocycles. The van der Waals surface area contributed by atoms with Gasteiger partial charge in [0.2, 0.25) is 0 Å². The number of esters is 1. The number of rotatable bonds is 1. The Kier molecular flexibility index (Phi) is 8.00. The van der Waals surface area contributed by atoms with Gasteiger partial charge in [-0.2, -0.15) is 11.8 Å². The minimum atomic E-state index is -0.306. The van der Waals surface area contributed by atoms with E-state index in [1.807, 2.05) is 18.7 Å². The molecular weight excluding hydrogens is 322 g/mol. The number of hydrogen-bond acceptors (Lipinski definition) is 4. The van der Waals surface area contributed by atoms with Crippen LogP contribution in [0.15, 0.2) is 0 Å². The van der Waals surface area contributed by atoms with E-state index in [0.29, 0.717) is 0 Å². The summed E-state index contributed by atoms with van der Waals surface area (Å²) < 4.78 is 6.48. The Morgan fingerprint density at radius 1 is 1.23 bits per heavy atom. The summed E-state index contributed by atoms with van der Waals surface area (Å²) in [5.41, 5.74) is -0.306. The number of hydrogen-bond donors (Lipinski definition) is 1. The number of nitrogens with zero attached hydrogens (tertiary/aromatic N) is 1. The number of carbonyl (C=O) groups is 1. The van der Waals surface area contributed by atoms with Crippen LogP contribution in [0.5, 0.6) is 0 Å². The summed E-state index contributed by atoms with van der Waals surface area (Å²) in [6, 6.07) is 0. The second kappa shape index (κ2) is 8.76. The Hall–Kier alpha value is 0.0300. The molecule has 1 aliphatic carbocycles. The van der Waals surface area contributed by atoms with Crippen LogP contribution in [0.4, 0.5) is 0 Å². The van der Waals surface area contributed by atoms with E-state index in [1.165, 1.54) is 55.4 Å². The van der Waals surface area contributed by atoms with E-state index in [4.69, 9.17) is 4.74 Å². The fraction of sp³-hybridized carbons (Fsp3) is 0.938. The lowest BCUT2D eigenvalue weighted by molar-refractivity contribution is -0.914. The van der Waals surface area contributed by atoms with Gasteiger partial charge in [0.05, 0.1) is 25.2 Å². The third-order valence-electron chi connectivity index (χ3n) is 4.95. The quantitative estimate of drug-likeness (QED) is 0.496. The molecule has 2 heterocycles. The van der Waals surface area contributed by atoms with E-state index < -0.39 is 0 Å². The molecule has 3 fully saturated rings. The van der Waals surface area contributed by atoms with Crippen LogP contribution in [0, 0.1) is 0 Å². The third-order valence-corrected chi connectivity index (χ3v) is 5.89. The van der Waals surface area contributed by atoms with Crippen molar-refractivity contribution < 1.29 is 31.5 Å². The van der Waals surface area contributed by atoms with Crippen molar-refractivity contribution in [2.45, 2.75) is 57.7 Å². The van der Waals surface area contributed by atoms with Crippen LogP contribution in [0.3, 0.4) is 0 Å². The molecule has 6 heteroatoms. The van der Waals surface area contributed by atoms with Crippen LogP contribution in [0.2, 0.25) is 0 Å². The highest BCUT2D eigenvalue weighted by Gasteiger charge is 2.40. The maximum absolute atomic E-state index is 10.8. The third kappa shape index (κ3) is 6.26. The van der Waals surface area contributed by atoms with Crippen LogP contribution >= 0.6 is 11.8 Å². The number of quaternary nitrogens is 1. The van der Waals surface area contributed by atoms with Crippen molar-refractivity contribution in [2.24, 2.45) is 0 Å². The van der Waals surface area contributed by atoms with Gasteiger partial charge in [-0.25, -0.2) is 0 Å². The van der Waals surface area contributed by atoms with Crippen molar-refractivity contribution in [2.75, 3.05) is 37.7 Å². The Morgan fingerprint density at radius 3 is 2.27 bits per heavy atom. The standard InChI is InChI=1S/C10H18NO2S.C6H12O.ClH/c1-9(12)13-10-2-3-11(8-10)4-6-14-7-5-11;1-6(7)4-2-3-5-6;/h10H,2-8H2,1H3;7H,2-5H2,1H3;1H/q+1;;/p-1. The zero-order valence-corrected chi connectivity index (χ0v) is 15.4. The van der Waals surface area contributed by atoms with Gasteiger partial charge in [-0.05, 0) is 19.8 Å². The topological polar surface area (TPSA) is 46.5 Å². The number of thioether (sulfide) groups is 1. The van der Waals surface area contributed by atoms with E-state index >= 15 is 0 Å². The molecule has 0 amide bonds. The minimum Gasteiger partial charge on any atom is -1.00 e. The zero-order chi connectivity index (χ0) is 15.3. The number of carbonyl (C=O) groups excluding carboxylic acids is 1. The molecule has 0 aromatic heterocycles. The molecule has 3 rings (SSSR count). The van der Waals surface area contributed by atoms with E-state index in [1.54, 1.807) is 0 Å². The summed E-state index contributed by atoms with van der Waals surface area (Å²) >= 11 is 2.05. The van der Waals surface area contributed by atoms with Gasteiger partial charge in [-0.15, -0.1) is 0 Å². The smallest absolute Gasteiger partial charge is 0.303 e. The Labute approximate surface area is 145 Å². The lowest BCUT2D eigenvalue weighted by atomic mass is 10.1. The fourth-order valence-electron chi connectivity index (χ4n) is 3.64. The van der Waals surface area contributed by atoms with Gasteiger partial charge in [0.1, 0.15) is 6.54 Å². The van der Waals surface area contributed by atoms with Crippen LogP contribution in [-0.2, 0) is 9.53 Å². The van der Waals surface area contributed by atoms with E-state index in [9.17, 15) is 9.90 Å². The summed E-state index contributed by atoms with van der Waals surface area (Å²) in [4.78, 5) is 10.8. The van der Waals surface area contributed by atoms with E-state index in [2.05, 4.69) is 0 Å². The maximum Gasteiger partial charge on any atom is 0.303 e. The molecule has 3 aliphatic rings. The van der Waals surface area contributed by atoms with Gasteiger partial charge in [0.15, 0.2) is 6.10 Å². The second-order valence-electron chi connectivity index (χ2n) is 7.03. The first kappa shape index (κ1) is 20.1. The predicted molar refractivity (Wildman–Crippen MR) is 86.3 cm³/mol. The molecule has 0 aromatic rings. The van der Waals surface area contributed by atoms with Crippen molar-refractivity contribution >= 4 is 17.7 Å². The monoisotopic (exact) mass is 351 g/mol. The summed E-state index contributed by atoms with van der Waals surface area (Å²) in [6.45, 7) is 8.22. The number of ether oxygens (including phenoxy) is 1. The molecular formula is C16H30ClNO3S. The van der Waals surface area contributed by atoms with Crippen molar-refractivity contribution in [1.29, 1.82) is 0 Å². The van der Waals surface area contributed by atoms with Gasteiger partial charge in [-0.3, -0.25) is 4.79 Å². The minimum absolute atomic E-state index is 0. The first-order chi connectivity index (χ1) is 9.91. The summed E-state index contributed by atoms with van der Waals surface area (Å²) in [6.07, 6.45) is 5.69. The lowest BCUT2D eigenvalue weighted by Gasteiger charge is -2.37. The molecule has 0 bridgehead atoms. The predicted octanol–water partition coefficient (Wildman–Crippen LogP) is -0.799. The second-order valence-corrected chi connectivity index (χ2v) is 8.26. The van der Waals surface area contributed by atoms with Crippen molar-refractivity contribution in [3.8, 4) is 0 Å². The van der Waals surface area contributed by atoms with Gasteiger partial charge < -0.3 is 26.7 Å². The lowest BCUT2D eigenvalue weighted by Crippen LogP contribution is -3.00. The SMILES string of the molecule is CC(=O)OC1CC[N+]2(CCSCC2)C1.CC1(O)CCCC1.[Cl-]. The molecule has 0 aromatic carbocycles. The average molecular weight is 352 g/mol. The highest BCUT2D eigenvalue weighted by molar-refractivity contribution is 7.99. The van der Waals surface area contributed by atoms with Crippen LogP contribution < -0.4 is 12.4 Å². The molecule has 2 aliphatic heterocycles. The highest BCUT2D eigenvalue weighted by Crippen LogP contribution is 2.28. The molecule has 1 atom stereocenters. The molecule has 4 nitrogen and oxygen atoms in total. The molecule has 1 N–H and O–H groups in total. The Bertz CT molecular complexity index is 351. The Balaban J connectivity index is 0.000000258. The Morgan fingerprint density at radius 2 is 1.82 bits per heavy atom. The normalized spacial score (nSPS) is 28.4. The first-order valence-corrected chi connectivity index (χ1v) is 9.39. The fourth-order valence-corrected chi connectivity index (χ4v) is 4.87. The van der Waals surface area contributed by atoms with Gasteiger partial charge in [-0.1, -0.05) is 12.8 Å². The highest BCUT2D eigenvalue weighted by atomic mass is 35.5. The molecule has 22 heavy (non-hydrogen) atoms.